The summed E-state index contributed by atoms with van der Waals surface area (Å²) < 4.78 is 13.5. The first-order valence-electron chi connectivity index (χ1n) is 8.15. The largest absolute Gasteiger partial charge is 0.376 e. The van der Waals surface area contributed by atoms with Gasteiger partial charge in [-0.3, -0.25) is 9.59 Å². The van der Waals surface area contributed by atoms with Crippen LogP contribution in [0, 0.1) is 12.7 Å². The molecule has 6 heteroatoms. The molecule has 0 aliphatic carbocycles. The van der Waals surface area contributed by atoms with E-state index < -0.39 is 0 Å². The van der Waals surface area contributed by atoms with Crippen molar-refractivity contribution in [3.05, 3.63) is 53.3 Å². The van der Waals surface area contributed by atoms with E-state index in [2.05, 4.69) is 10.6 Å². The zero-order valence-corrected chi connectivity index (χ0v) is 14.2. The van der Waals surface area contributed by atoms with Gasteiger partial charge >= 0.3 is 0 Å². The number of hydrogen-bond acceptors (Lipinski definition) is 3. The second-order valence-corrected chi connectivity index (χ2v) is 6.13. The van der Waals surface area contributed by atoms with Crippen molar-refractivity contribution >= 4 is 28.9 Å². The summed E-state index contributed by atoms with van der Waals surface area (Å²) in [5.74, 6) is -0.508. The molecule has 1 aliphatic heterocycles. The van der Waals surface area contributed by atoms with Crippen molar-refractivity contribution < 1.29 is 14.0 Å². The van der Waals surface area contributed by atoms with E-state index in [1.54, 1.807) is 36.9 Å². The summed E-state index contributed by atoms with van der Waals surface area (Å²) in [6.07, 6.45) is 0.777. The first-order chi connectivity index (χ1) is 11.9. The van der Waals surface area contributed by atoms with Crippen LogP contribution in [0.15, 0.2) is 36.4 Å². The molecule has 0 atom stereocenters. The maximum absolute atomic E-state index is 13.5. The number of anilines is 3. The molecule has 1 aliphatic rings. The smallest absolute Gasteiger partial charge is 0.243 e. The number of nitrogens with zero attached hydrogens (tertiary/aromatic N) is 1. The third-order valence-electron chi connectivity index (χ3n) is 4.26. The Bertz CT molecular complexity index is 835. The minimum atomic E-state index is -0.306. The van der Waals surface area contributed by atoms with Crippen LogP contribution in [0.25, 0.3) is 0 Å². The number of carbonyl (C=O) groups is 2. The van der Waals surface area contributed by atoms with E-state index in [1.807, 2.05) is 12.1 Å². The fraction of sp³-hybridized carbons (Fsp3) is 0.263. The first-order valence-corrected chi connectivity index (χ1v) is 8.15. The summed E-state index contributed by atoms with van der Waals surface area (Å²) in [6.45, 7) is 3.94. The molecule has 0 saturated heterocycles. The van der Waals surface area contributed by atoms with Crippen molar-refractivity contribution in [2.45, 2.75) is 20.3 Å². The average Bonchev–Trinajstić information content (AvgIpc) is 2.99. The van der Waals surface area contributed by atoms with Gasteiger partial charge in [0.15, 0.2) is 0 Å². The van der Waals surface area contributed by atoms with Crippen molar-refractivity contribution in [1.82, 2.24) is 0 Å². The van der Waals surface area contributed by atoms with Crippen molar-refractivity contribution in [2.75, 3.05) is 28.6 Å². The fourth-order valence-corrected chi connectivity index (χ4v) is 2.90. The van der Waals surface area contributed by atoms with Crippen LogP contribution in [0.1, 0.15) is 18.1 Å². The summed E-state index contributed by atoms with van der Waals surface area (Å²) in [5.41, 5.74) is 3.75. The highest BCUT2D eigenvalue weighted by Gasteiger charge is 2.22. The molecular weight excluding hydrogens is 321 g/mol. The highest BCUT2D eigenvalue weighted by Crippen LogP contribution is 2.30. The van der Waals surface area contributed by atoms with E-state index >= 15 is 0 Å². The molecule has 3 rings (SSSR count). The Morgan fingerprint density at radius 2 is 1.92 bits per heavy atom. The van der Waals surface area contributed by atoms with Gasteiger partial charge < -0.3 is 15.5 Å². The summed E-state index contributed by atoms with van der Waals surface area (Å²) in [4.78, 5) is 25.4. The average molecular weight is 341 g/mol. The number of benzene rings is 2. The monoisotopic (exact) mass is 341 g/mol. The molecule has 2 N–H and O–H groups in total. The maximum Gasteiger partial charge on any atom is 0.243 e. The standard InChI is InChI=1S/C19H20FN3O2/c1-12-3-4-15(10-17(12)20)21-11-19(25)22-16-5-6-18-14(9-16)7-8-23(18)13(2)24/h3-6,9-10,21H,7-8,11H2,1-2H3,(H,22,25). The van der Waals surface area contributed by atoms with Crippen molar-refractivity contribution in [1.29, 1.82) is 0 Å². The van der Waals surface area contributed by atoms with Crippen LogP contribution in [-0.2, 0) is 16.0 Å². The lowest BCUT2D eigenvalue weighted by Crippen LogP contribution is -2.25. The third-order valence-corrected chi connectivity index (χ3v) is 4.26. The van der Waals surface area contributed by atoms with Crippen LogP contribution < -0.4 is 15.5 Å². The Hall–Kier alpha value is -2.89. The molecule has 2 amide bonds. The minimum Gasteiger partial charge on any atom is -0.376 e. The Labute approximate surface area is 145 Å². The molecule has 0 saturated carbocycles. The molecule has 0 bridgehead atoms. The lowest BCUT2D eigenvalue weighted by molar-refractivity contribution is -0.116. The molecule has 0 radical (unpaired) electrons. The van der Waals surface area contributed by atoms with Gasteiger partial charge in [0.05, 0.1) is 6.54 Å². The van der Waals surface area contributed by atoms with Gasteiger partial charge in [-0.1, -0.05) is 6.07 Å². The number of carbonyl (C=O) groups excluding carboxylic acids is 2. The zero-order valence-electron chi connectivity index (χ0n) is 14.2. The molecule has 0 aromatic heterocycles. The van der Waals surface area contributed by atoms with Crippen LogP contribution in [-0.4, -0.2) is 24.9 Å². The van der Waals surface area contributed by atoms with E-state index in [4.69, 9.17) is 0 Å². The predicted molar refractivity (Wildman–Crippen MR) is 96.4 cm³/mol. The number of aryl methyl sites for hydroxylation is 1. The van der Waals surface area contributed by atoms with Gasteiger partial charge in [-0.15, -0.1) is 0 Å². The van der Waals surface area contributed by atoms with Crippen molar-refractivity contribution in [3.63, 3.8) is 0 Å². The highest BCUT2D eigenvalue weighted by molar-refractivity contribution is 5.96. The topological polar surface area (TPSA) is 61.4 Å². The lowest BCUT2D eigenvalue weighted by Gasteiger charge is -2.15. The molecule has 2 aromatic rings. The van der Waals surface area contributed by atoms with Crippen LogP contribution in [0.2, 0.25) is 0 Å². The van der Waals surface area contributed by atoms with Crippen LogP contribution in [0.4, 0.5) is 21.5 Å². The lowest BCUT2D eigenvalue weighted by atomic mass is 10.1. The maximum atomic E-state index is 13.5. The molecule has 2 aromatic carbocycles. The molecule has 25 heavy (non-hydrogen) atoms. The van der Waals surface area contributed by atoms with Gasteiger partial charge in [-0.2, -0.15) is 0 Å². The van der Waals surface area contributed by atoms with Gasteiger partial charge in [0.1, 0.15) is 5.82 Å². The van der Waals surface area contributed by atoms with Crippen molar-refractivity contribution in [2.24, 2.45) is 0 Å². The summed E-state index contributed by atoms with van der Waals surface area (Å²) in [5, 5.41) is 5.72. The second kappa shape index (κ2) is 6.93. The van der Waals surface area contributed by atoms with E-state index in [-0.39, 0.29) is 24.2 Å². The van der Waals surface area contributed by atoms with Crippen LogP contribution in [0.3, 0.4) is 0 Å². The quantitative estimate of drug-likeness (QED) is 0.898. The highest BCUT2D eigenvalue weighted by atomic mass is 19.1. The fourth-order valence-electron chi connectivity index (χ4n) is 2.90. The van der Waals surface area contributed by atoms with Gasteiger partial charge in [-0.25, -0.2) is 4.39 Å². The van der Waals surface area contributed by atoms with Crippen LogP contribution >= 0.6 is 0 Å². The minimum absolute atomic E-state index is 0.0186. The molecule has 130 valence electrons. The van der Waals surface area contributed by atoms with Crippen LogP contribution in [0.5, 0.6) is 0 Å². The number of rotatable bonds is 4. The van der Waals surface area contributed by atoms with E-state index in [9.17, 15) is 14.0 Å². The van der Waals surface area contributed by atoms with Gasteiger partial charge in [0.25, 0.3) is 0 Å². The molecule has 0 spiro atoms. The Kier molecular flexibility index (Phi) is 4.70. The number of amides is 2. The zero-order chi connectivity index (χ0) is 18.0. The molecular formula is C19H20FN3O2. The third kappa shape index (κ3) is 3.79. The number of nitrogens with one attached hydrogen (secondary N) is 2. The number of fused-ring (bicyclic) bond motifs is 1. The van der Waals surface area contributed by atoms with Gasteiger partial charge in [-0.05, 0) is 54.8 Å². The molecule has 1 heterocycles. The Balaban J connectivity index is 1.60. The number of hydrogen-bond donors (Lipinski definition) is 2. The molecule has 0 unspecified atom stereocenters. The first kappa shape index (κ1) is 17.0. The summed E-state index contributed by atoms with van der Waals surface area (Å²) in [6, 6.07) is 10.3. The SMILES string of the molecule is CC(=O)N1CCc2cc(NC(=O)CNc3ccc(C)c(F)c3)ccc21. The predicted octanol–water partition coefficient (Wildman–Crippen LogP) is 3.09. The summed E-state index contributed by atoms with van der Waals surface area (Å²) >= 11 is 0. The van der Waals surface area contributed by atoms with Gasteiger partial charge in [0.2, 0.25) is 11.8 Å². The Morgan fingerprint density at radius 3 is 2.64 bits per heavy atom. The van der Waals surface area contributed by atoms with Gasteiger partial charge in [0, 0.05) is 30.5 Å². The number of halogens is 1. The van der Waals surface area contributed by atoms with E-state index in [0.29, 0.717) is 23.5 Å². The molecule has 0 fully saturated rings. The van der Waals surface area contributed by atoms with E-state index in [0.717, 1.165) is 17.7 Å². The normalized spacial score (nSPS) is 12.7. The van der Waals surface area contributed by atoms with E-state index in [1.165, 1.54) is 6.07 Å². The second-order valence-electron chi connectivity index (χ2n) is 6.13. The molecule has 5 nitrogen and oxygen atoms in total. The Morgan fingerprint density at radius 1 is 1.16 bits per heavy atom. The summed E-state index contributed by atoms with van der Waals surface area (Å²) in [7, 11) is 0. The van der Waals surface area contributed by atoms with Crippen molar-refractivity contribution in [3.8, 4) is 0 Å².